The minimum Gasteiger partial charge on any atom is -0.192 e. The number of nitrogens with zero attached hydrogens (tertiary/aromatic N) is 2. The number of unbranched alkanes of at least 4 members (excludes halogenated alkanes) is 5. The highest BCUT2D eigenvalue weighted by molar-refractivity contribution is 7.26. The first-order valence-corrected chi connectivity index (χ1v) is 11.9. The average Bonchev–Trinajstić information content (AvgIpc) is 3.42. The van der Waals surface area contributed by atoms with Gasteiger partial charge in [-0.15, -0.1) is 34.0 Å². The van der Waals surface area contributed by atoms with Gasteiger partial charge in [-0.2, -0.15) is 10.5 Å². The molecule has 0 spiro atoms. The Bertz CT molecular complexity index is 949. The minimum absolute atomic E-state index is 0.558. The molecule has 2 nitrogen and oxygen atoms in total. The Morgan fingerprint density at radius 3 is 2.26 bits per heavy atom. The van der Waals surface area contributed by atoms with Crippen molar-refractivity contribution in [2.45, 2.75) is 51.9 Å². The lowest BCUT2D eigenvalue weighted by Crippen LogP contribution is -1.87. The molecule has 0 radical (unpaired) electrons. The van der Waals surface area contributed by atoms with Crippen LogP contribution < -0.4 is 0 Å². The van der Waals surface area contributed by atoms with E-state index < -0.39 is 0 Å². The molecule has 0 saturated carbocycles. The number of hydrogen-bond acceptors (Lipinski definition) is 5. The first-order chi connectivity index (χ1) is 13.3. The molecular formula is C22H22N2S3. The van der Waals surface area contributed by atoms with Crippen molar-refractivity contribution in [3.8, 4) is 31.6 Å². The summed E-state index contributed by atoms with van der Waals surface area (Å²) in [4.78, 5) is 5.58. The Hall–Kier alpha value is -1.92. The van der Waals surface area contributed by atoms with Crippen LogP contribution in [0.25, 0.3) is 19.5 Å². The van der Waals surface area contributed by atoms with E-state index in [4.69, 9.17) is 0 Å². The lowest BCUT2D eigenvalue weighted by Gasteiger charge is -2.00. The summed E-state index contributed by atoms with van der Waals surface area (Å²) in [6, 6.07) is 13.0. The molecule has 0 atom stereocenters. The maximum absolute atomic E-state index is 9.68. The third-order valence-electron chi connectivity index (χ3n) is 4.56. The molecule has 0 N–H and O–H groups in total. The van der Waals surface area contributed by atoms with E-state index in [1.807, 2.05) is 0 Å². The first-order valence-electron chi connectivity index (χ1n) is 9.38. The Kier molecular flexibility index (Phi) is 7.24. The third-order valence-corrected chi connectivity index (χ3v) is 8.14. The van der Waals surface area contributed by atoms with E-state index in [2.05, 4.69) is 48.7 Å². The predicted molar refractivity (Wildman–Crippen MR) is 117 cm³/mol. The van der Waals surface area contributed by atoms with Gasteiger partial charge in [-0.25, -0.2) is 0 Å². The van der Waals surface area contributed by atoms with Crippen LogP contribution in [0.15, 0.2) is 29.6 Å². The second-order valence-corrected chi connectivity index (χ2v) is 9.62. The van der Waals surface area contributed by atoms with Gasteiger partial charge in [0.15, 0.2) is 0 Å². The summed E-state index contributed by atoms with van der Waals surface area (Å²) < 4.78 is 0. The van der Waals surface area contributed by atoms with Crippen molar-refractivity contribution < 1.29 is 0 Å². The molecule has 0 amide bonds. The highest BCUT2D eigenvalue weighted by atomic mass is 32.1. The molecule has 3 aromatic heterocycles. The summed E-state index contributed by atoms with van der Waals surface area (Å²) in [5.74, 6) is 0. The van der Waals surface area contributed by atoms with Crippen LogP contribution in [-0.2, 0) is 6.42 Å². The molecule has 27 heavy (non-hydrogen) atoms. The summed E-state index contributed by atoms with van der Waals surface area (Å²) >= 11 is 5.06. The SMILES string of the molecule is CCCCCCCCc1sc(-c2ccc(-c3cccs3)s2)c(C#N)c1C#N. The molecule has 0 fully saturated rings. The maximum atomic E-state index is 9.68. The van der Waals surface area contributed by atoms with Gasteiger partial charge in [0, 0.05) is 19.5 Å². The zero-order valence-electron chi connectivity index (χ0n) is 15.5. The van der Waals surface area contributed by atoms with Crippen LogP contribution >= 0.6 is 34.0 Å². The molecule has 0 aromatic carbocycles. The van der Waals surface area contributed by atoms with Crippen LogP contribution in [0.5, 0.6) is 0 Å². The van der Waals surface area contributed by atoms with Gasteiger partial charge in [0.25, 0.3) is 0 Å². The van der Waals surface area contributed by atoms with E-state index in [-0.39, 0.29) is 0 Å². The Morgan fingerprint density at radius 1 is 0.815 bits per heavy atom. The van der Waals surface area contributed by atoms with Crippen LogP contribution in [0.2, 0.25) is 0 Å². The van der Waals surface area contributed by atoms with E-state index in [0.29, 0.717) is 11.1 Å². The zero-order valence-corrected chi connectivity index (χ0v) is 17.9. The fourth-order valence-corrected chi connectivity index (χ4v) is 6.33. The van der Waals surface area contributed by atoms with Gasteiger partial charge in [0.2, 0.25) is 0 Å². The van der Waals surface area contributed by atoms with Crippen molar-refractivity contribution in [2.75, 3.05) is 0 Å². The van der Waals surface area contributed by atoms with Gasteiger partial charge in [-0.3, -0.25) is 0 Å². The summed E-state index contributed by atoms with van der Waals surface area (Å²) in [5, 5.41) is 21.4. The standard InChI is InChI=1S/C22H22N2S3/c1-2-3-4-5-6-7-9-18-16(14-23)17(15-24)22(27-18)21-12-11-20(26-21)19-10-8-13-25-19/h8,10-13H,2-7,9H2,1H3. The van der Waals surface area contributed by atoms with E-state index in [0.717, 1.165) is 27.5 Å². The lowest BCUT2D eigenvalue weighted by atomic mass is 10.0. The molecule has 0 aliphatic rings. The molecular weight excluding hydrogens is 388 g/mol. The molecule has 3 heterocycles. The van der Waals surface area contributed by atoms with Crippen LogP contribution in [0.3, 0.4) is 0 Å². The predicted octanol–water partition coefficient (Wildman–Crippen LogP) is 7.85. The van der Waals surface area contributed by atoms with Gasteiger partial charge in [-0.1, -0.05) is 45.1 Å². The monoisotopic (exact) mass is 410 g/mol. The van der Waals surface area contributed by atoms with Gasteiger partial charge < -0.3 is 0 Å². The molecule has 3 rings (SSSR count). The Morgan fingerprint density at radius 2 is 1.56 bits per heavy atom. The van der Waals surface area contributed by atoms with Crippen LogP contribution in [-0.4, -0.2) is 0 Å². The van der Waals surface area contributed by atoms with E-state index >= 15 is 0 Å². The van der Waals surface area contributed by atoms with Crippen molar-refractivity contribution in [1.82, 2.24) is 0 Å². The number of hydrogen-bond donors (Lipinski definition) is 0. The second kappa shape index (κ2) is 9.85. The van der Waals surface area contributed by atoms with Crippen molar-refractivity contribution >= 4 is 34.0 Å². The van der Waals surface area contributed by atoms with Gasteiger partial charge in [0.1, 0.15) is 12.1 Å². The largest absolute Gasteiger partial charge is 0.192 e. The lowest BCUT2D eigenvalue weighted by molar-refractivity contribution is 0.609. The molecule has 0 unspecified atom stereocenters. The third kappa shape index (κ3) is 4.68. The topological polar surface area (TPSA) is 47.6 Å². The smallest absolute Gasteiger partial charge is 0.102 e. The highest BCUT2D eigenvalue weighted by Crippen LogP contribution is 2.43. The molecule has 138 valence electrons. The van der Waals surface area contributed by atoms with Gasteiger partial charge in [-0.05, 0) is 36.4 Å². The fraction of sp³-hybridized carbons (Fsp3) is 0.364. The van der Waals surface area contributed by atoms with Gasteiger partial charge >= 0.3 is 0 Å². The highest BCUT2D eigenvalue weighted by Gasteiger charge is 2.20. The van der Waals surface area contributed by atoms with Crippen LogP contribution in [0.1, 0.15) is 61.5 Å². The van der Waals surface area contributed by atoms with E-state index in [9.17, 15) is 10.5 Å². The van der Waals surface area contributed by atoms with Crippen LogP contribution in [0.4, 0.5) is 0 Å². The Labute approximate surface area is 173 Å². The molecule has 5 heteroatoms. The van der Waals surface area contributed by atoms with E-state index in [1.54, 1.807) is 34.0 Å². The second-order valence-electron chi connectivity index (χ2n) is 6.49. The van der Waals surface area contributed by atoms with Crippen molar-refractivity contribution in [2.24, 2.45) is 0 Å². The summed E-state index contributed by atoms with van der Waals surface area (Å²) in [6.07, 6.45) is 8.30. The summed E-state index contributed by atoms with van der Waals surface area (Å²) in [6.45, 7) is 2.23. The summed E-state index contributed by atoms with van der Waals surface area (Å²) in [5.41, 5.74) is 1.15. The quantitative estimate of drug-likeness (QED) is 0.337. The average molecular weight is 411 g/mol. The molecule has 3 aromatic rings. The van der Waals surface area contributed by atoms with Gasteiger partial charge in [0.05, 0.1) is 16.0 Å². The maximum Gasteiger partial charge on any atom is 0.102 e. The number of aryl methyl sites for hydroxylation is 1. The zero-order chi connectivity index (χ0) is 19.1. The fourth-order valence-electron chi connectivity index (χ4n) is 3.13. The molecule has 0 saturated heterocycles. The number of nitriles is 2. The molecule has 0 bridgehead atoms. The van der Waals surface area contributed by atoms with E-state index in [1.165, 1.54) is 41.9 Å². The Balaban J connectivity index is 1.79. The number of rotatable bonds is 9. The normalized spacial score (nSPS) is 10.6. The van der Waals surface area contributed by atoms with Crippen molar-refractivity contribution in [1.29, 1.82) is 10.5 Å². The van der Waals surface area contributed by atoms with Crippen molar-refractivity contribution in [3.05, 3.63) is 45.6 Å². The number of thiophene rings is 3. The minimum atomic E-state index is 0.558. The van der Waals surface area contributed by atoms with Crippen molar-refractivity contribution in [3.63, 3.8) is 0 Å². The van der Waals surface area contributed by atoms with Crippen LogP contribution in [0, 0.1) is 22.7 Å². The molecule has 0 aliphatic carbocycles. The first kappa shape index (κ1) is 19.8. The summed E-state index contributed by atoms with van der Waals surface area (Å²) in [7, 11) is 0. The molecule has 0 aliphatic heterocycles.